The quantitative estimate of drug-likeness (QED) is 0.675. The van der Waals surface area contributed by atoms with Crippen LogP contribution in [0.1, 0.15) is 9.75 Å². The molecule has 0 aliphatic carbocycles. The van der Waals surface area contributed by atoms with Gasteiger partial charge in [-0.3, -0.25) is 0 Å². The van der Waals surface area contributed by atoms with Crippen molar-refractivity contribution in [2.75, 3.05) is 0 Å². The van der Waals surface area contributed by atoms with E-state index in [0.717, 1.165) is 0 Å². The van der Waals surface area contributed by atoms with Crippen LogP contribution in [0.15, 0.2) is 35.0 Å². The Morgan fingerprint density at radius 2 is 1.33 bits per heavy atom. The van der Waals surface area contributed by atoms with E-state index in [-0.39, 0.29) is 0 Å². The van der Waals surface area contributed by atoms with Crippen molar-refractivity contribution < 1.29 is 0 Å². The summed E-state index contributed by atoms with van der Waals surface area (Å²) in [6, 6.07) is 8.38. The Morgan fingerprint density at radius 3 is 1.67 bits per heavy atom. The second-order valence-corrected chi connectivity index (χ2v) is 4.32. The molecule has 0 unspecified atom stereocenters. The molecule has 0 aliphatic rings. The first kappa shape index (κ1) is 7.77. The second-order valence-electron chi connectivity index (χ2n) is 2.36. The van der Waals surface area contributed by atoms with E-state index >= 15 is 0 Å². The first-order valence-electron chi connectivity index (χ1n) is 3.70. The molecule has 2 aromatic rings. The molecule has 0 saturated carbocycles. The van der Waals surface area contributed by atoms with Gasteiger partial charge in [-0.15, -0.1) is 22.7 Å². The van der Waals surface area contributed by atoms with Crippen LogP contribution in [-0.4, -0.2) is 0 Å². The first-order valence-corrected chi connectivity index (χ1v) is 5.46. The van der Waals surface area contributed by atoms with E-state index in [4.69, 9.17) is 0 Å². The zero-order chi connectivity index (χ0) is 8.23. The third-order valence-electron chi connectivity index (χ3n) is 1.50. The van der Waals surface area contributed by atoms with Gasteiger partial charge >= 0.3 is 0 Å². The van der Waals surface area contributed by atoms with Crippen molar-refractivity contribution >= 4 is 34.8 Å². The van der Waals surface area contributed by atoms with Crippen LogP contribution in [0.4, 0.5) is 0 Å². The van der Waals surface area contributed by atoms with Crippen LogP contribution in [0.2, 0.25) is 0 Å². The summed E-state index contributed by atoms with van der Waals surface area (Å²) in [6.07, 6.45) is 4.30. The fraction of sp³-hybridized carbons (Fsp3) is 0. The van der Waals surface area contributed by atoms with Crippen LogP contribution in [-0.2, 0) is 0 Å². The zero-order valence-electron chi connectivity index (χ0n) is 6.44. The molecular weight excluding hydrogens is 184 g/mol. The number of rotatable bonds is 2. The number of hydrogen-bond acceptors (Lipinski definition) is 2. The van der Waals surface area contributed by atoms with Crippen LogP contribution in [0, 0.1) is 0 Å². The summed E-state index contributed by atoms with van der Waals surface area (Å²) in [7, 11) is 0. The largest absolute Gasteiger partial charge is 0.144 e. The van der Waals surface area contributed by atoms with Gasteiger partial charge < -0.3 is 0 Å². The molecule has 0 radical (unpaired) electrons. The lowest BCUT2D eigenvalue weighted by molar-refractivity contribution is 1.94. The lowest BCUT2D eigenvalue weighted by Gasteiger charge is -1.82. The topological polar surface area (TPSA) is 0 Å². The molecule has 60 valence electrons. The molecule has 2 aromatic heterocycles. The average molecular weight is 192 g/mol. The van der Waals surface area contributed by atoms with Gasteiger partial charge in [0.15, 0.2) is 0 Å². The maximum absolute atomic E-state index is 2.15. The normalized spacial score (nSPS) is 11.0. The highest BCUT2D eigenvalue weighted by molar-refractivity contribution is 7.11. The van der Waals surface area contributed by atoms with Crippen LogP contribution in [0.25, 0.3) is 12.2 Å². The molecule has 12 heavy (non-hydrogen) atoms. The molecule has 2 heterocycles. The van der Waals surface area contributed by atoms with Gasteiger partial charge in [0.2, 0.25) is 0 Å². The average Bonchev–Trinajstić information content (AvgIpc) is 2.74. The SMILES string of the molecule is C(=C\c1cccs1)/c1cccs1. The van der Waals surface area contributed by atoms with Crippen LogP contribution in [0.5, 0.6) is 0 Å². The van der Waals surface area contributed by atoms with Gasteiger partial charge in [0.05, 0.1) is 0 Å². The highest BCUT2D eigenvalue weighted by Crippen LogP contribution is 2.15. The van der Waals surface area contributed by atoms with Gasteiger partial charge in [-0.25, -0.2) is 0 Å². The molecule has 0 aliphatic heterocycles. The molecule has 0 saturated heterocycles. The third kappa shape index (κ3) is 1.84. The minimum atomic E-state index is 1.31. The van der Waals surface area contributed by atoms with Crippen LogP contribution >= 0.6 is 22.7 Å². The van der Waals surface area contributed by atoms with E-state index in [9.17, 15) is 0 Å². The summed E-state index contributed by atoms with van der Waals surface area (Å²) in [6.45, 7) is 0. The second kappa shape index (κ2) is 3.70. The van der Waals surface area contributed by atoms with Crippen molar-refractivity contribution in [2.45, 2.75) is 0 Å². The molecule has 0 atom stereocenters. The Balaban J connectivity index is 2.14. The van der Waals surface area contributed by atoms with E-state index in [1.165, 1.54) is 9.75 Å². The van der Waals surface area contributed by atoms with E-state index in [2.05, 4.69) is 47.2 Å². The molecule has 0 spiro atoms. The summed E-state index contributed by atoms with van der Waals surface area (Å²) in [5.41, 5.74) is 0. The van der Waals surface area contributed by atoms with E-state index in [0.29, 0.717) is 0 Å². The Bertz CT molecular complexity index is 305. The molecule has 0 aromatic carbocycles. The Hall–Kier alpha value is -0.860. The maximum Gasteiger partial charge on any atom is 0.0270 e. The van der Waals surface area contributed by atoms with Crippen molar-refractivity contribution in [3.05, 3.63) is 44.8 Å². The molecular formula is C10H8S2. The lowest BCUT2D eigenvalue weighted by Crippen LogP contribution is -1.56. The van der Waals surface area contributed by atoms with E-state index in [1.54, 1.807) is 22.7 Å². The van der Waals surface area contributed by atoms with Crippen LogP contribution in [0.3, 0.4) is 0 Å². The predicted octanol–water partition coefficient (Wildman–Crippen LogP) is 3.98. The van der Waals surface area contributed by atoms with Crippen molar-refractivity contribution in [2.24, 2.45) is 0 Å². The smallest absolute Gasteiger partial charge is 0.0270 e. The lowest BCUT2D eigenvalue weighted by atomic mass is 10.4. The molecule has 0 fully saturated rings. The Labute approximate surface area is 79.8 Å². The molecule has 0 amide bonds. The fourth-order valence-corrected chi connectivity index (χ4v) is 2.17. The summed E-state index contributed by atoms with van der Waals surface area (Å²) >= 11 is 3.53. The molecule has 0 nitrogen and oxygen atoms in total. The summed E-state index contributed by atoms with van der Waals surface area (Å²) in [5.74, 6) is 0. The molecule has 2 rings (SSSR count). The summed E-state index contributed by atoms with van der Waals surface area (Å²) in [4.78, 5) is 2.62. The predicted molar refractivity (Wildman–Crippen MR) is 57.6 cm³/mol. The van der Waals surface area contributed by atoms with Crippen molar-refractivity contribution in [1.82, 2.24) is 0 Å². The van der Waals surface area contributed by atoms with Crippen molar-refractivity contribution in [1.29, 1.82) is 0 Å². The maximum atomic E-state index is 2.15. The molecule has 0 bridgehead atoms. The fourth-order valence-electron chi connectivity index (χ4n) is 0.936. The standard InChI is InChI=1S/C10H8S2/c1-3-9(11-7-1)5-6-10-4-2-8-12-10/h1-8H/b6-5+. The minimum Gasteiger partial charge on any atom is -0.144 e. The van der Waals surface area contributed by atoms with Crippen molar-refractivity contribution in [3.63, 3.8) is 0 Å². The van der Waals surface area contributed by atoms with Gasteiger partial charge in [-0.05, 0) is 35.0 Å². The Morgan fingerprint density at radius 1 is 0.833 bits per heavy atom. The monoisotopic (exact) mass is 192 g/mol. The highest BCUT2D eigenvalue weighted by atomic mass is 32.1. The number of thiophene rings is 2. The first-order chi connectivity index (χ1) is 5.95. The van der Waals surface area contributed by atoms with Crippen LogP contribution < -0.4 is 0 Å². The minimum absolute atomic E-state index is 1.31. The summed E-state index contributed by atoms with van der Waals surface area (Å²) < 4.78 is 0. The van der Waals surface area contributed by atoms with E-state index < -0.39 is 0 Å². The third-order valence-corrected chi connectivity index (χ3v) is 3.17. The highest BCUT2D eigenvalue weighted by Gasteiger charge is 1.87. The van der Waals surface area contributed by atoms with Crippen molar-refractivity contribution in [3.8, 4) is 0 Å². The Kier molecular flexibility index (Phi) is 2.39. The van der Waals surface area contributed by atoms with Gasteiger partial charge in [0, 0.05) is 9.75 Å². The molecule has 0 N–H and O–H groups in total. The molecule has 2 heteroatoms. The van der Waals surface area contributed by atoms with Gasteiger partial charge in [0.1, 0.15) is 0 Å². The summed E-state index contributed by atoms with van der Waals surface area (Å²) in [5, 5.41) is 4.18. The van der Waals surface area contributed by atoms with Gasteiger partial charge in [-0.2, -0.15) is 0 Å². The van der Waals surface area contributed by atoms with Gasteiger partial charge in [-0.1, -0.05) is 12.1 Å². The zero-order valence-corrected chi connectivity index (χ0v) is 8.07. The van der Waals surface area contributed by atoms with Gasteiger partial charge in [0.25, 0.3) is 0 Å². The van der Waals surface area contributed by atoms with E-state index in [1.807, 2.05) is 0 Å². The number of hydrogen-bond donors (Lipinski definition) is 0.